The Bertz CT molecular complexity index is 225. The standard InChI is InChI=1S/C13H25NO3/c1-11-3-5-12(6-4-11)9-14(7-8-17-2)10-13(15)16/h11-12H,3-10H2,1-2H3,(H,15,16). The Morgan fingerprint density at radius 1 is 1.35 bits per heavy atom. The van der Waals surface area contributed by atoms with E-state index in [4.69, 9.17) is 9.84 Å². The summed E-state index contributed by atoms with van der Waals surface area (Å²) >= 11 is 0. The third-order valence-corrected chi connectivity index (χ3v) is 3.62. The lowest BCUT2D eigenvalue weighted by Crippen LogP contribution is -2.37. The minimum absolute atomic E-state index is 0.134. The van der Waals surface area contributed by atoms with Crippen LogP contribution in [0, 0.1) is 11.8 Å². The van der Waals surface area contributed by atoms with Gasteiger partial charge < -0.3 is 9.84 Å². The lowest BCUT2D eigenvalue weighted by Gasteiger charge is -2.30. The zero-order valence-corrected chi connectivity index (χ0v) is 11.0. The molecule has 1 N–H and O–H groups in total. The van der Waals surface area contributed by atoms with E-state index in [1.54, 1.807) is 7.11 Å². The van der Waals surface area contributed by atoms with Crippen LogP contribution in [0.15, 0.2) is 0 Å². The SMILES string of the molecule is COCCN(CC(=O)O)CC1CCC(C)CC1. The molecule has 0 heterocycles. The third-order valence-electron chi connectivity index (χ3n) is 3.62. The van der Waals surface area contributed by atoms with E-state index in [0.29, 0.717) is 12.5 Å². The Morgan fingerprint density at radius 2 is 2.00 bits per heavy atom. The largest absolute Gasteiger partial charge is 0.480 e. The number of nitrogens with zero attached hydrogens (tertiary/aromatic N) is 1. The number of methoxy groups -OCH3 is 1. The quantitative estimate of drug-likeness (QED) is 0.741. The molecule has 0 aromatic rings. The Morgan fingerprint density at radius 3 is 2.53 bits per heavy atom. The predicted molar refractivity (Wildman–Crippen MR) is 67.1 cm³/mol. The van der Waals surface area contributed by atoms with Crippen molar-refractivity contribution in [3.8, 4) is 0 Å². The van der Waals surface area contributed by atoms with Crippen LogP contribution in [0.25, 0.3) is 0 Å². The van der Waals surface area contributed by atoms with Crippen molar-refractivity contribution in [1.82, 2.24) is 4.90 Å². The smallest absolute Gasteiger partial charge is 0.317 e. The van der Waals surface area contributed by atoms with Crippen molar-refractivity contribution in [2.75, 3.05) is 33.4 Å². The van der Waals surface area contributed by atoms with Gasteiger partial charge in [-0.3, -0.25) is 9.69 Å². The number of hydrogen-bond donors (Lipinski definition) is 1. The molecule has 4 heteroatoms. The van der Waals surface area contributed by atoms with Gasteiger partial charge in [0.1, 0.15) is 0 Å². The van der Waals surface area contributed by atoms with Crippen molar-refractivity contribution < 1.29 is 14.6 Å². The van der Waals surface area contributed by atoms with E-state index < -0.39 is 5.97 Å². The topological polar surface area (TPSA) is 49.8 Å². The predicted octanol–water partition coefficient (Wildman–Crippen LogP) is 1.85. The first kappa shape index (κ1) is 14.5. The summed E-state index contributed by atoms with van der Waals surface area (Å²) in [5, 5.41) is 8.87. The fourth-order valence-corrected chi connectivity index (χ4v) is 2.52. The Hall–Kier alpha value is -0.610. The highest BCUT2D eigenvalue weighted by Gasteiger charge is 2.21. The molecule has 0 unspecified atom stereocenters. The molecule has 1 saturated carbocycles. The Kier molecular flexibility index (Phi) is 6.52. The number of aliphatic carboxylic acids is 1. The van der Waals surface area contributed by atoms with Crippen molar-refractivity contribution >= 4 is 5.97 Å². The van der Waals surface area contributed by atoms with Crippen molar-refractivity contribution in [2.24, 2.45) is 11.8 Å². The van der Waals surface area contributed by atoms with Gasteiger partial charge >= 0.3 is 5.97 Å². The summed E-state index contributed by atoms with van der Waals surface area (Å²) in [4.78, 5) is 12.8. The summed E-state index contributed by atoms with van der Waals surface area (Å²) in [7, 11) is 1.65. The van der Waals surface area contributed by atoms with Gasteiger partial charge in [-0.2, -0.15) is 0 Å². The van der Waals surface area contributed by atoms with E-state index in [1.807, 2.05) is 4.90 Å². The van der Waals surface area contributed by atoms with Gasteiger partial charge in [0.25, 0.3) is 0 Å². The zero-order valence-electron chi connectivity index (χ0n) is 11.0. The first-order chi connectivity index (χ1) is 8.11. The molecule has 17 heavy (non-hydrogen) atoms. The normalized spacial score (nSPS) is 25.1. The maximum absolute atomic E-state index is 10.8. The van der Waals surface area contributed by atoms with E-state index in [-0.39, 0.29) is 6.54 Å². The number of hydrogen-bond acceptors (Lipinski definition) is 3. The first-order valence-electron chi connectivity index (χ1n) is 6.55. The average Bonchev–Trinajstić information content (AvgIpc) is 2.28. The van der Waals surface area contributed by atoms with Crippen LogP contribution in [0.3, 0.4) is 0 Å². The molecule has 0 bridgehead atoms. The van der Waals surface area contributed by atoms with Gasteiger partial charge in [0.2, 0.25) is 0 Å². The van der Waals surface area contributed by atoms with Gasteiger partial charge in [0.05, 0.1) is 13.2 Å². The number of carboxylic acid groups (broad SMARTS) is 1. The average molecular weight is 243 g/mol. The minimum Gasteiger partial charge on any atom is -0.480 e. The van der Waals surface area contributed by atoms with Crippen molar-refractivity contribution in [1.29, 1.82) is 0 Å². The van der Waals surface area contributed by atoms with Gasteiger partial charge in [0.15, 0.2) is 0 Å². The van der Waals surface area contributed by atoms with E-state index in [9.17, 15) is 4.79 Å². The molecule has 0 spiro atoms. The molecule has 4 nitrogen and oxygen atoms in total. The summed E-state index contributed by atoms with van der Waals surface area (Å²) in [5.41, 5.74) is 0. The van der Waals surface area contributed by atoms with Crippen molar-refractivity contribution in [3.63, 3.8) is 0 Å². The molecule has 100 valence electrons. The summed E-state index contributed by atoms with van der Waals surface area (Å²) in [6.45, 7) is 4.67. The van der Waals surface area contributed by atoms with Crippen molar-refractivity contribution in [3.05, 3.63) is 0 Å². The molecule has 1 aliphatic carbocycles. The van der Waals surface area contributed by atoms with Crippen LogP contribution in [0.2, 0.25) is 0 Å². The zero-order chi connectivity index (χ0) is 12.7. The maximum atomic E-state index is 10.8. The molecular weight excluding hydrogens is 218 g/mol. The molecule has 0 atom stereocenters. The van der Waals surface area contributed by atoms with Gasteiger partial charge in [-0.05, 0) is 24.7 Å². The minimum atomic E-state index is -0.745. The first-order valence-corrected chi connectivity index (χ1v) is 6.55. The second-order valence-electron chi connectivity index (χ2n) is 5.25. The third kappa shape index (κ3) is 6.03. The highest BCUT2D eigenvalue weighted by Crippen LogP contribution is 2.28. The van der Waals surface area contributed by atoms with Crippen LogP contribution in [0.5, 0.6) is 0 Å². The second-order valence-corrected chi connectivity index (χ2v) is 5.25. The van der Waals surface area contributed by atoms with Crippen LogP contribution in [-0.2, 0) is 9.53 Å². The number of carbonyl (C=O) groups is 1. The Labute approximate surface area is 104 Å². The molecule has 0 amide bonds. The molecule has 0 aromatic heterocycles. The van der Waals surface area contributed by atoms with Gasteiger partial charge in [-0.15, -0.1) is 0 Å². The van der Waals surface area contributed by atoms with Crippen LogP contribution in [0.4, 0.5) is 0 Å². The van der Waals surface area contributed by atoms with Gasteiger partial charge in [-0.25, -0.2) is 0 Å². The van der Waals surface area contributed by atoms with Crippen LogP contribution >= 0.6 is 0 Å². The molecule has 1 rings (SSSR count). The van der Waals surface area contributed by atoms with E-state index in [1.165, 1.54) is 25.7 Å². The van der Waals surface area contributed by atoms with E-state index in [2.05, 4.69) is 6.92 Å². The monoisotopic (exact) mass is 243 g/mol. The molecular formula is C13H25NO3. The summed E-state index contributed by atoms with van der Waals surface area (Å²) < 4.78 is 5.03. The Balaban J connectivity index is 2.33. The van der Waals surface area contributed by atoms with Gasteiger partial charge in [-0.1, -0.05) is 19.8 Å². The summed E-state index contributed by atoms with van der Waals surface area (Å²) in [6, 6.07) is 0. The molecule has 0 aliphatic heterocycles. The number of carboxylic acids is 1. The molecule has 0 radical (unpaired) electrons. The highest BCUT2D eigenvalue weighted by atomic mass is 16.5. The molecule has 1 aliphatic rings. The van der Waals surface area contributed by atoms with Crippen LogP contribution in [-0.4, -0.2) is 49.3 Å². The van der Waals surface area contributed by atoms with Crippen LogP contribution in [0.1, 0.15) is 32.6 Å². The fourth-order valence-electron chi connectivity index (χ4n) is 2.52. The molecule has 0 saturated heterocycles. The highest BCUT2D eigenvalue weighted by molar-refractivity contribution is 5.69. The fraction of sp³-hybridized carbons (Fsp3) is 0.923. The van der Waals surface area contributed by atoms with E-state index in [0.717, 1.165) is 19.0 Å². The second kappa shape index (κ2) is 7.67. The summed E-state index contributed by atoms with van der Waals surface area (Å²) in [5.74, 6) is 0.769. The van der Waals surface area contributed by atoms with Crippen LogP contribution < -0.4 is 0 Å². The number of rotatable bonds is 7. The maximum Gasteiger partial charge on any atom is 0.317 e. The lowest BCUT2D eigenvalue weighted by molar-refractivity contribution is -0.138. The molecule has 0 aromatic carbocycles. The van der Waals surface area contributed by atoms with Gasteiger partial charge in [0, 0.05) is 20.2 Å². The van der Waals surface area contributed by atoms with Crippen molar-refractivity contribution in [2.45, 2.75) is 32.6 Å². The number of ether oxygens (including phenoxy) is 1. The van der Waals surface area contributed by atoms with E-state index >= 15 is 0 Å². The lowest BCUT2D eigenvalue weighted by atomic mass is 9.83. The molecule has 1 fully saturated rings. The summed E-state index contributed by atoms with van der Waals surface area (Å²) in [6.07, 6.45) is 5.06.